The highest BCUT2D eigenvalue weighted by atomic mass is 16.6. The lowest BCUT2D eigenvalue weighted by atomic mass is 10.2. The molecular formula is C7H18N2O3. The normalized spacial score (nSPS) is 10.5. The molecule has 0 atom stereocenters. The van der Waals surface area contributed by atoms with Crippen molar-refractivity contribution in [3.05, 3.63) is 0 Å². The van der Waals surface area contributed by atoms with Crippen LogP contribution >= 0.6 is 0 Å². The van der Waals surface area contributed by atoms with Crippen molar-refractivity contribution >= 4 is 0 Å². The summed E-state index contributed by atoms with van der Waals surface area (Å²) in [6.07, 6.45) is 3.07. The van der Waals surface area contributed by atoms with Crippen LogP contribution in [0.2, 0.25) is 0 Å². The molecule has 0 unspecified atom stereocenters. The Balaban J connectivity index is 2.73. The Labute approximate surface area is 72.9 Å². The van der Waals surface area contributed by atoms with E-state index in [9.17, 15) is 0 Å². The first kappa shape index (κ1) is 11.8. The molecule has 0 heterocycles. The van der Waals surface area contributed by atoms with Crippen molar-refractivity contribution in [2.45, 2.75) is 19.3 Å². The third-order valence-electron chi connectivity index (χ3n) is 1.40. The monoisotopic (exact) mass is 178 g/mol. The Kier molecular flexibility index (Phi) is 10.6. The SMILES string of the molecule is NOCCCCCOCCON. The van der Waals surface area contributed by atoms with Crippen LogP contribution in [-0.2, 0) is 14.4 Å². The van der Waals surface area contributed by atoms with Gasteiger partial charge in [0.15, 0.2) is 0 Å². The Morgan fingerprint density at radius 1 is 0.667 bits per heavy atom. The molecule has 0 aliphatic carbocycles. The van der Waals surface area contributed by atoms with Crippen molar-refractivity contribution in [1.82, 2.24) is 0 Å². The third kappa shape index (κ3) is 9.80. The van der Waals surface area contributed by atoms with E-state index in [0.717, 1.165) is 25.9 Å². The number of unbranched alkanes of at least 4 members (excludes halogenated alkanes) is 2. The highest BCUT2D eigenvalue weighted by molar-refractivity contribution is 4.39. The predicted molar refractivity (Wildman–Crippen MR) is 44.9 cm³/mol. The summed E-state index contributed by atoms with van der Waals surface area (Å²) in [7, 11) is 0. The molecule has 0 spiro atoms. The van der Waals surface area contributed by atoms with Gasteiger partial charge in [0.25, 0.3) is 0 Å². The summed E-state index contributed by atoms with van der Waals surface area (Å²) in [5.74, 6) is 9.65. The smallest absolute Gasteiger partial charge is 0.0913 e. The molecule has 0 aromatic heterocycles. The first-order chi connectivity index (χ1) is 5.91. The fraction of sp³-hybridized carbons (Fsp3) is 1.00. The Hall–Kier alpha value is -0.200. The van der Waals surface area contributed by atoms with Gasteiger partial charge in [-0.1, -0.05) is 0 Å². The molecule has 0 amide bonds. The fourth-order valence-electron chi connectivity index (χ4n) is 0.775. The van der Waals surface area contributed by atoms with Crippen LogP contribution in [-0.4, -0.2) is 26.4 Å². The van der Waals surface area contributed by atoms with Gasteiger partial charge in [-0.3, -0.25) is 0 Å². The van der Waals surface area contributed by atoms with Gasteiger partial charge in [0.05, 0.1) is 19.8 Å². The molecular weight excluding hydrogens is 160 g/mol. The van der Waals surface area contributed by atoms with E-state index in [1.807, 2.05) is 0 Å². The second-order valence-corrected chi connectivity index (χ2v) is 2.41. The van der Waals surface area contributed by atoms with Gasteiger partial charge in [0, 0.05) is 6.61 Å². The minimum Gasteiger partial charge on any atom is -0.379 e. The van der Waals surface area contributed by atoms with E-state index in [1.165, 1.54) is 0 Å². The molecule has 0 aliphatic rings. The van der Waals surface area contributed by atoms with Crippen molar-refractivity contribution < 1.29 is 14.4 Å². The summed E-state index contributed by atoms with van der Waals surface area (Å²) >= 11 is 0. The van der Waals surface area contributed by atoms with E-state index in [2.05, 4.69) is 9.68 Å². The van der Waals surface area contributed by atoms with Crippen molar-refractivity contribution in [2.24, 2.45) is 11.8 Å². The van der Waals surface area contributed by atoms with Gasteiger partial charge in [-0.2, -0.15) is 0 Å². The summed E-state index contributed by atoms with van der Waals surface area (Å²) in [6, 6.07) is 0. The number of nitrogens with two attached hydrogens (primary N) is 2. The van der Waals surface area contributed by atoms with Crippen molar-refractivity contribution in [3.8, 4) is 0 Å². The minimum atomic E-state index is 0.450. The molecule has 0 aromatic rings. The highest BCUT2D eigenvalue weighted by Gasteiger charge is 1.90. The number of rotatable bonds is 9. The average molecular weight is 178 g/mol. The zero-order valence-electron chi connectivity index (χ0n) is 7.33. The Morgan fingerprint density at radius 2 is 1.33 bits per heavy atom. The lowest BCUT2D eigenvalue weighted by molar-refractivity contribution is 0.0454. The first-order valence-corrected chi connectivity index (χ1v) is 4.13. The van der Waals surface area contributed by atoms with E-state index < -0.39 is 0 Å². The van der Waals surface area contributed by atoms with Crippen LogP contribution in [0.15, 0.2) is 0 Å². The van der Waals surface area contributed by atoms with Crippen LogP contribution in [0.3, 0.4) is 0 Å². The quantitative estimate of drug-likeness (QED) is 0.382. The van der Waals surface area contributed by atoms with Crippen LogP contribution in [0.4, 0.5) is 0 Å². The van der Waals surface area contributed by atoms with E-state index in [4.69, 9.17) is 16.5 Å². The maximum absolute atomic E-state index is 5.18. The molecule has 0 radical (unpaired) electrons. The average Bonchev–Trinajstić information content (AvgIpc) is 2.10. The van der Waals surface area contributed by atoms with Crippen LogP contribution in [0.5, 0.6) is 0 Å². The van der Waals surface area contributed by atoms with Crippen molar-refractivity contribution in [3.63, 3.8) is 0 Å². The van der Waals surface area contributed by atoms with E-state index in [-0.39, 0.29) is 0 Å². The molecule has 0 saturated heterocycles. The van der Waals surface area contributed by atoms with Crippen LogP contribution in [0.1, 0.15) is 19.3 Å². The molecule has 74 valence electrons. The van der Waals surface area contributed by atoms with Crippen LogP contribution in [0.25, 0.3) is 0 Å². The first-order valence-electron chi connectivity index (χ1n) is 4.13. The Bertz CT molecular complexity index is 73.1. The van der Waals surface area contributed by atoms with Gasteiger partial charge in [-0.25, -0.2) is 11.8 Å². The maximum Gasteiger partial charge on any atom is 0.0913 e. The van der Waals surface area contributed by atoms with Gasteiger partial charge in [0.1, 0.15) is 0 Å². The molecule has 5 heteroatoms. The second kappa shape index (κ2) is 10.8. The summed E-state index contributed by atoms with van der Waals surface area (Å²) in [5.41, 5.74) is 0. The third-order valence-corrected chi connectivity index (χ3v) is 1.40. The topological polar surface area (TPSA) is 79.7 Å². The Morgan fingerprint density at radius 3 is 2.00 bits per heavy atom. The fourth-order valence-corrected chi connectivity index (χ4v) is 0.775. The highest BCUT2D eigenvalue weighted by Crippen LogP contribution is 1.95. The molecule has 0 fully saturated rings. The molecule has 12 heavy (non-hydrogen) atoms. The van der Waals surface area contributed by atoms with E-state index >= 15 is 0 Å². The predicted octanol–water partition coefficient (Wildman–Crippen LogP) is -0.0461. The standard InChI is InChI=1S/C7H18N2O3/c8-11-5-3-1-2-4-10-6-7-12-9/h1-9H2. The van der Waals surface area contributed by atoms with E-state index in [1.54, 1.807) is 0 Å². The zero-order valence-corrected chi connectivity index (χ0v) is 7.33. The lowest BCUT2D eigenvalue weighted by Gasteiger charge is -2.02. The molecule has 0 aromatic carbocycles. The van der Waals surface area contributed by atoms with Crippen molar-refractivity contribution in [2.75, 3.05) is 26.4 Å². The molecule has 5 nitrogen and oxygen atoms in total. The van der Waals surface area contributed by atoms with Gasteiger partial charge in [0.2, 0.25) is 0 Å². The molecule has 0 saturated carbocycles. The number of hydrogen-bond donors (Lipinski definition) is 2. The van der Waals surface area contributed by atoms with E-state index in [0.29, 0.717) is 19.8 Å². The van der Waals surface area contributed by atoms with Gasteiger partial charge < -0.3 is 14.4 Å². The molecule has 4 N–H and O–H groups in total. The summed E-state index contributed by atoms with van der Waals surface area (Å²) < 4.78 is 5.18. The second-order valence-electron chi connectivity index (χ2n) is 2.41. The number of hydrogen-bond acceptors (Lipinski definition) is 5. The largest absolute Gasteiger partial charge is 0.379 e. The van der Waals surface area contributed by atoms with Crippen molar-refractivity contribution in [1.29, 1.82) is 0 Å². The molecule has 0 rings (SSSR count). The number of ether oxygens (including phenoxy) is 1. The van der Waals surface area contributed by atoms with Crippen LogP contribution < -0.4 is 11.8 Å². The van der Waals surface area contributed by atoms with Gasteiger partial charge in [-0.05, 0) is 19.3 Å². The summed E-state index contributed by atoms with van der Waals surface area (Å²) in [5, 5.41) is 0. The maximum atomic E-state index is 5.18. The summed E-state index contributed by atoms with van der Waals surface area (Å²) in [6.45, 7) is 2.37. The zero-order chi connectivity index (χ0) is 9.07. The van der Waals surface area contributed by atoms with Gasteiger partial charge >= 0.3 is 0 Å². The van der Waals surface area contributed by atoms with Crippen LogP contribution in [0, 0.1) is 0 Å². The lowest BCUT2D eigenvalue weighted by Crippen LogP contribution is -2.08. The molecule has 0 bridgehead atoms. The van der Waals surface area contributed by atoms with Gasteiger partial charge in [-0.15, -0.1) is 0 Å². The minimum absolute atomic E-state index is 0.450. The summed E-state index contributed by atoms with van der Waals surface area (Å²) in [4.78, 5) is 8.73. The molecule has 0 aliphatic heterocycles.